The molecule has 0 unspecified atom stereocenters. The van der Waals surface area contributed by atoms with Gasteiger partial charge in [0.05, 0.1) is 16.7 Å². The zero-order valence-corrected chi connectivity index (χ0v) is 12.1. The van der Waals surface area contributed by atoms with Gasteiger partial charge < -0.3 is 11.1 Å². The highest BCUT2D eigenvalue weighted by atomic mass is 16.2. The van der Waals surface area contributed by atoms with Crippen LogP contribution in [0.5, 0.6) is 0 Å². The van der Waals surface area contributed by atoms with Gasteiger partial charge in [0.1, 0.15) is 16.9 Å². The van der Waals surface area contributed by atoms with E-state index in [1.165, 1.54) is 0 Å². The van der Waals surface area contributed by atoms with E-state index in [1.807, 2.05) is 12.1 Å². The normalized spacial score (nSPS) is 20.4. The maximum absolute atomic E-state index is 12.1. The van der Waals surface area contributed by atoms with Gasteiger partial charge in [-0.1, -0.05) is 0 Å². The fourth-order valence-electron chi connectivity index (χ4n) is 2.61. The highest BCUT2D eigenvalue weighted by Crippen LogP contribution is 2.47. The number of aliphatic imine (C=N–C) groups is 1. The molecule has 1 saturated carbocycles. The molecule has 0 aromatic carbocycles. The molecule has 0 bridgehead atoms. The number of rotatable bonds is 3. The minimum atomic E-state index is -0.800. The number of amidine groups is 1. The van der Waals surface area contributed by atoms with Crippen LogP contribution >= 0.6 is 0 Å². The molecule has 0 atom stereocenters. The number of nitrogens with two attached hydrogens (primary N) is 1. The number of pyridine rings is 2. The van der Waals surface area contributed by atoms with Crippen LogP contribution in [0.1, 0.15) is 18.5 Å². The smallest absolute Gasteiger partial charge is 0.275 e. The molecule has 2 aliphatic rings. The molecular weight excluding hydrogens is 294 g/mol. The molecule has 2 amide bonds. The van der Waals surface area contributed by atoms with E-state index < -0.39 is 11.3 Å². The van der Waals surface area contributed by atoms with Gasteiger partial charge in [-0.3, -0.25) is 14.6 Å². The predicted molar refractivity (Wildman–Crippen MR) is 84.0 cm³/mol. The Hall–Kier alpha value is -3.09. The SMILES string of the molecule is NC(=O)C1(C2=NC(=Cc3ccc4ncccc4n3)C(=O)N2)CC1. The van der Waals surface area contributed by atoms with Crippen molar-refractivity contribution in [3.05, 3.63) is 41.9 Å². The zero-order chi connectivity index (χ0) is 16.0. The second-order valence-electron chi connectivity index (χ2n) is 5.67. The third-order valence-electron chi connectivity index (χ3n) is 4.13. The number of nitrogens with one attached hydrogen (secondary N) is 1. The Kier molecular flexibility index (Phi) is 2.77. The summed E-state index contributed by atoms with van der Waals surface area (Å²) in [7, 11) is 0. The van der Waals surface area contributed by atoms with Crippen LogP contribution < -0.4 is 11.1 Å². The van der Waals surface area contributed by atoms with Gasteiger partial charge in [0.2, 0.25) is 5.91 Å². The lowest BCUT2D eigenvalue weighted by Gasteiger charge is -2.09. The number of fused-ring (bicyclic) bond motifs is 1. The largest absolute Gasteiger partial charge is 0.369 e. The van der Waals surface area contributed by atoms with Crippen LogP contribution in [0, 0.1) is 5.41 Å². The first-order chi connectivity index (χ1) is 11.1. The summed E-state index contributed by atoms with van der Waals surface area (Å²) < 4.78 is 0. The van der Waals surface area contributed by atoms with E-state index in [1.54, 1.807) is 24.4 Å². The number of carbonyl (C=O) groups excluding carboxylic acids is 2. The first-order valence-corrected chi connectivity index (χ1v) is 7.22. The van der Waals surface area contributed by atoms with Gasteiger partial charge in [0.25, 0.3) is 5.91 Å². The summed E-state index contributed by atoms with van der Waals surface area (Å²) in [5.41, 5.74) is 6.95. The van der Waals surface area contributed by atoms with Gasteiger partial charge >= 0.3 is 0 Å². The fourth-order valence-corrected chi connectivity index (χ4v) is 2.61. The van der Waals surface area contributed by atoms with Crippen molar-refractivity contribution in [1.29, 1.82) is 0 Å². The van der Waals surface area contributed by atoms with Crippen LogP contribution in [0.25, 0.3) is 17.1 Å². The zero-order valence-electron chi connectivity index (χ0n) is 12.1. The topological polar surface area (TPSA) is 110 Å². The van der Waals surface area contributed by atoms with E-state index in [2.05, 4.69) is 20.3 Å². The van der Waals surface area contributed by atoms with Gasteiger partial charge in [0.15, 0.2) is 0 Å². The van der Waals surface area contributed by atoms with Crippen molar-refractivity contribution < 1.29 is 9.59 Å². The Labute approximate surface area is 131 Å². The molecule has 2 aromatic rings. The third kappa shape index (κ3) is 2.17. The Balaban J connectivity index is 1.71. The minimum Gasteiger partial charge on any atom is -0.369 e. The highest BCUT2D eigenvalue weighted by Gasteiger charge is 2.55. The van der Waals surface area contributed by atoms with Gasteiger partial charge in [0, 0.05) is 6.20 Å². The maximum atomic E-state index is 12.1. The van der Waals surface area contributed by atoms with Crippen molar-refractivity contribution in [3.63, 3.8) is 0 Å². The number of amides is 2. The molecule has 2 aromatic heterocycles. The Morgan fingerprint density at radius 3 is 2.83 bits per heavy atom. The molecule has 0 radical (unpaired) electrons. The van der Waals surface area contributed by atoms with Crippen molar-refractivity contribution in [3.8, 4) is 0 Å². The van der Waals surface area contributed by atoms with Crippen molar-refractivity contribution in [2.45, 2.75) is 12.8 Å². The summed E-state index contributed by atoms with van der Waals surface area (Å²) in [6.07, 6.45) is 4.52. The summed E-state index contributed by atoms with van der Waals surface area (Å²) in [6.45, 7) is 0. The molecule has 4 rings (SSSR count). The molecule has 23 heavy (non-hydrogen) atoms. The van der Waals surface area contributed by atoms with Gasteiger partial charge in [-0.15, -0.1) is 0 Å². The molecule has 0 spiro atoms. The highest BCUT2D eigenvalue weighted by molar-refractivity contribution is 6.22. The first-order valence-electron chi connectivity index (χ1n) is 7.22. The Morgan fingerprint density at radius 1 is 1.26 bits per heavy atom. The lowest BCUT2D eigenvalue weighted by Crippen LogP contribution is -2.39. The number of primary amides is 1. The molecule has 3 N–H and O–H groups in total. The van der Waals surface area contributed by atoms with Crippen LogP contribution in [-0.4, -0.2) is 27.6 Å². The molecule has 0 saturated heterocycles. The van der Waals surface area contributed by atoms with Crippen LogP contribution in [0.2, 0.25) is 0 Å². The molecule has 1 aliphatic carbocycles. The summed E-state index contributed by atoms with van der Waals surface area (Å²) in [5, 5.41) is 2.65. The average molecular weight is 307 g/mol. The van der Waals surface area contributed by atoms with Crippen molar-refractivity contribution >= 4 is 34.8 Å². The second kappa shape index (κ2) is 4.70. The van der Waals surface area contributed by atoms with E-state index in [4.69, 9.17) is 5.73 Å². The van der Waals surface area contributed by atoms with Crippen molar-refractivity contribution in [2.24, 2.45) is 16.1 Å². The minimum absolute atomic E-state index is 0.225. The Morgan fingerprint density at radius 2 is 2.09 bits per heavy atom. The summed E-state index contributed by atoms with van der Waals surface area (Å²) in [6, 6.07) is 7.25. The monoisotopic (exact) mass is 307 g/mol. The van der Waals surface area contributed by atoms with Crippen LogP contribution in [0.15, 0.2) is 41.2 Å². The van der Waals surface area contributed by atoms with Gasteiger partial charge in [-0.25, -0.2) is 9.98 Å². The van der Waals surface area contributed by atoms with E-state index in [0.717, 1.165) is 11.0 Å². The van der Waals surface area contributed by atoms with Gasteiger partial charge in [-0.2, -0.15) is 0 Å². The van der Waals surface area contributed by atoms with Gasteiger partial charge in [-0.05, 0) is 43.2 Å². The van der Waals surface area contributed by atoms with Crippen LogP contribution in [0.3, 0.4) is 0 Å². The number of nitrogens with zero attached hydrogens (tertiary/aromatic N) is 3. The number of aromatic nitrogens is 2. The van der Waals surface area contributed by atoms with E-state index >= 15 is 0 Å². The predicted octanol–water partition coefficient (Wildman–Crippen LogP) is 0.764. The summed E-state index contributed by atoms with van der Waals surface area (Å²) in [4.78, 5) is 36.5. The molecule has 7 heteroatoms. The first kappa shape index (κ1) is 13.6. The van der Waals surface area contributed by atoms with E-state index in [-0.39, 0.29) is 11.6 Å². The lowest BCUT2D eigenvalue weighted by molar-refractivity contribution is -0.120. The van der Waals surface area contributed by atoms with Crippen LogP contribution in [0.4, 0.5) is 0 Å². The molecule has 1 aliphatic heterocycles. The van der Waals surface area contributed by atoms with E-state index in [0.29, 0.717) is 24.4 Å². The fraction of sp³-hybridized carbons (Fsp3) is 0.188. The second-order valence-corrected chi connectivity index (χ2v) is 5.67. The molecule has 7 nitrogen and oxygen atoms in total. The molecule has 114 valence electrons. The molecular formula is C16H13N5O2. The third-order valence-corrected chi connectivity index (χ3v) is 4.13. The lowest BCUT2D eigenvalue weighted by atomic mass is 10.1. The number of hydrogen-bond acceptors (Lipinski definition) is 5. The number of carbonyl (C=O) groups is 2. The summed E-state index contributed by atoms with van der Waals surface area (Å²) >= 11 is 0. The number of hydrogen-bond donors (Lipinski definition) is 2. The molecule has 3 heterocycles. The Bertz CT molecular complexity index is 912. The quantitative estimate of drug-likeness (QED) is 0.816. The van der Waals surface area contributed by atoms with E-state index in [9.17, 15) is 9.59 Å². The van der Waals surface area contributed by atoms with Crippen LogP contribution in [-0.2, 0) is 9.59 Å². The molecule has 1 fully saturated rings. The summed E-state index contributed by atoms with van der Waals surface area (Å²) in [5.74, 6) is -0.447. The standard InChI is InChI=1S/C16H13N5O2/c17-14(23)16(5-6-16)15-20-12(13(22)21-15)8-9-3-4-10-11(19-9)2-1-7-18-10/h1-4,7-8H,5-6H2,(H2,17,23)(H,20,21,22). The van der Waals surface area contributed by atoms with Crippen molar-refractivity contribution in [1.82, 2.24) is 15.3 Å². The average Bonchev–Trinajstić information content (AvgIpc) is 3.28. The van der Waals surface area contributed by atoms with Crippen molar-refractivity contribution in [2.75, 3.05) is 0 Å². The maximum Gasteiger partial charge on any atom is 0.275 e.